The van der Waals surface area contributed by atoms with Gasteiger partial charge in [0.25, 0.3) is 11.1 Å². The summed E-state index contributed by atoms with van der Waals surface area (Å²) in [4.78, 5) is 25.8. The van der Waals surface area contributed by atoms with Crippen LogP contribution in [0.25, 0.3) is 6.08 Å². The minimum Gasteiger partial charge on any atom is -0.494 e. The predicted molar refractivity (Wildman–Crippen MR) is 87.3 cm³/mol. The first-order chi connectivity index (χ1) is 10.6. The van der Waals surface area contributed by atoms with Crippen molar-refractivity contribution in [2.75, 3.05) is 19.7 Å². The first kappa shape index (κ1) is 16.5. The second kappa shape index (κ2) is 7.44. The smallest absolute Gasteiger partial charge is 0.293 e. The fourth-order valence-corrected chi connectivity index (χ4v) is 2.98. The van der Waals surface area contributed by atoms with Crippen molar-refractivity contribution in [3.8, 4) is 5.75 Å². The van der Waals surface area contributed by atoms with E-state index < -0.39 is 6.04 Å². The molecular formula is C15H19N3O3S. The van der Waals surface area contributed by atoms with Crippen LogP contribution in [0.15, 0.2) is 29.2 Å². The highest BCUT2D eigenvalue weighted by molar-refractivity contribution is 8.18. The van der Waals surface area contributed by atoms with Crippen LogP contribution in [-0.4, -0.2) is 41.8 Å². The molecule has 0 bridgehead atoms. The van der Waals surface area contributed by atoms with Crippen LogP contribution in [-0.2, 0) is 4.79 Å². The lowest BCUT2D eigenvalue weighted by Gasteiger charge is -2.21. The van der Waals surface area contributed by atoms with Crippen LogP contribution in [0, 0.1) is 0 Å². The number of benzene rings is 1. The van der Waals surface area contributed by atoms with Gasteiger partial charge in [-0.25, -0.2) is 0 Å². The molecule has 0 spiro atoms. The second-order valence-corrected chi connectivity index (χ2v) is 5.67. The van der Waals surface area contributed by atoms with E-state index in [2.05, 4.69) is 0 Å². The number of imide groups is 1. The van der Waals surface area contributed by atoms with E-state index in [1.165, 1.54) is 0 Å². The number of amides is 2. The number of nitrogens with two attached hydrogens (primary N) is 2. The largest absolute Gasteiger partial charge is 0.494 e. The number of carbonyl (C=O) groups is 2. The number of carbonyl (C=O) groups excluding carboxylic acids is 2. The highest BCUT2D eigenvalue weighted by Crippen LogP contribution is 2.33. The Bertz CT molecular complexity index is 582. The summed E-state index contributed by atoms with van der Waals surface area (Å²) in [7, 11) is 0. The van der Waals surface area contributed by atoms with Crippen molar-refractivity contribution < 1.29 is 14.3 Å². The van der Waals surface area contributed by atoms with E-state index in [1.807, 2.05) is 31.2 Å². The van der Waals surface area contributed by atoms with E-state index >= 15 is 0 Å². The maximum atomic E-state index is 12.3. The molecule has 1 aromatic carbocycles. The normalized spacial score (nSPS) is 16.9. The Morgan fingerprint density at radius 3 is 2.41 bits per heavy atom. The third kappa shape index (κ3) is 3.49. The van der Waals surface area contributed by atoms with Crippen molar-refractivity contribution in [3.05, 3.63) is 34.7 Å². The molecular weight excluding hydrogens is 302 g/mol. The molecule has 2 rings (SSSR count). The first-order valence-corrected chi connectivity index (χ1v) is 7.82. The van der Waals surface area contributed by atoms with Gasteiger partial charge >= 0.3 is 0 Å². The second-order valence-electron chi connectivity index (χ2n) is 4.68. The highest BCUT2D eigenvalue weighted by Gasteiger charge is 2.38. The van der Waals surface area contributed by atoms with E-state index in [-0.39, 0.29) is 24.2 Å². The van der Waals surface area contributed by atoms with E-state index in [9.17, 15) is 9.59 Å². The van der Waals surface area contributed by atoms with Gasteiger partial charge in [-0.15, -0.1) is 0 Å². The van der Waals surface area contributed by atoms with E-state index in [4.69, 9.17) is 16.2 Å². The molecule has 4 N–H and O–H groups in total. The minimum absolute atomic E-state index is 0.158. The minimum atomic E-state index is -0.460. The molecule has 0 unspecified atom stereocenters. The average molecular weight is 321 g/mol. The Kier molecular flexibility index (Phi) is 5.59. The van der Waals surface area contributed by atoms with Crippen molar-refractivity contribution in [2.24, 2.45) is 11.5 Å². The lowest BCUT2D eigenvalue weighted by molar-refractivity contribution is -0.124. The van der Waals surface area contributed by atoms with Crippen LogP contribution in [0.2, 0.25) is 0 Å². The standard InChI is InChI=1S/C15H19N3O3S/c1-2-21-12-5-3-10(4-6-12)7-13-14(19)18(15(20)22-13)11(8-16)9-17/h3-7,11H,2,8-9,16-17H2,1H3/b13-7+. The fraction of sp³-hybridized carbons (Fsp3) is 0.333. The zero-order valence-electron chi connectivity index (χ0n) is 12.3. The Hall–Kier alpha value is -1.83. The number of rotatable bonds is 6. The molecule has 1 aliphatic heterocycles. The van der Waals surface area contributed by atoms with Crippen LogP contribution in [0.5, 0.6) is 5.75 Å². The van der Waals surface area contributed by atoms with Gasteiger partial charge in [-0.3, -0.25) is 14.5 Å². The Labute approximate surface area is 133 Å². The van der Waals surface area contributed by atoms with Gasteiger partial charge in [0.15, 0.2) is 0 Å². The van der Waals surface area contributed by atoms with Gasteiger partial charge < -0.3 is 16.2 Å². The summed E-state index contributed by atoms with van der Waals surface area (Å²) in [5, 5.41) is -0.330. The topological polar surface area (TPSA) is 98.7 Å². The van der Waals surface area contributed by atoms with Gasteiger partial charge in [0.2, 0.25) is 0 Å². The predicted octanol–water partition coefficient (Wildman–Crippen LogP) is 1.41. The first-order valence-electron chi connectivity index (χ1n) is 7.00. The molecule has 22 heavy (non-hydrogen) atoms. The Morgan fingerprint density at radius 1 is 1.23 bits per heavy atom. The SMILES string of the molecule is CCOc1ccc(/C=C2/SC(=O)N(C(CN)CN)C2=O)cc1. The van der Waals surface area contributed by atoms with Crippen LogP contribution < -0.4 is 16.2 Å². The van der Waals surface area contributed by atoms with Crippen molar-refractivity contribution in [1.82, 2.24) is 4.90 Å². The monoisotopic (exact) mass is 321 g/mol. The number of hydrogen-bond acceptors (Lipinski definition) is 6. The lowest BCUT2D eigenvalue weighted by atomic mass is 10.2. The third-order valence-electron chi connectivity index (χ3n) is 3.22. The molecule has 0 aromatic heterocycles. The molecule has 0 aliphatic carbocycles. The van der Waals surface area contributed by atoms with Gasteiger partial charge in [-0.1, -0.05) is 12.1 Å². The van der Waals surface area contributed by atoms with Crippen LogP contribution in [0.1, 0.15) is 12.5 Å². The molecule has 1 saturated heterocycles. The summed E-state index contributed by atoms with van der Waals surface area (Å²) in [6.45, 7) is 2.82. The third-order valence-corrected chi connectivity index (χ3v) is 4.11. The molecule has 1 aromatic rings. The van der Waals surface area contributed by atoms with Gasteiger partial charge in [-0.2, -0.15) is 0 Å². The van der Waals surface area contributed by atoms with Crippen LogP contribution in [0.4, 0.5) is 4.79 Å². The fourth-order valence-electron chi connectivity index (χ4n) is 2.08. The molecule has 0 radical (unpaired) electrons. The summed E-state index contributed by atoms with van der Waals surface area (Å²) in [5.41, 5.74) is 11.9. The number of hydrogen-bond donors (Lipinski definition) is 2. The maximum Gasteiger partial charge on any atom is 0.293 e. The number of nitrogens with zero attached hydrogens (tertiary/aromatic N) is 1. The van der Waals surface area contributed by atoms with Gasteiger partial charge in [0, 0.05) is 13.1 Å². The molecule has 1 fully saturated rings. The van der Waals surface area contributed by atoms with Crippen molar-refractivity contribution in [3.63, 3.8) is 0 Å². The number of thioether (sulfide) groups is 1. The molecule has 1 aliphatic rings. The zero-order valence-corrected chi connectivity index (χ0v) is 13.1. The molecule has 1 heterocycles. The molecule has 6 nitrogen and oxygen atoms in total. The zero-order chi connectivity index (χ0) is 16.1. The van der Waals surface area contributed by atoms with Gasteiger partial charge in [-0.05, 0) is 42.5 Å². The summed E-state index contributed by atoms with van der Waals surface area (Å²) < 4.78 is 5.36. The van der Waals surface area contributed by atoms with E-state index in [0.29, 0.717) is 11.5 Å². The van der Waals surface area contributed by atoms with Crippen LogP contribution in [0.3, 0.4) is 0 Å². The maximum absolute atomic E-state index is 12.3. The average Bonchev–Trinajstić information content (AvgIpc) is 2.79. The quantitative estimate of drug-likeness (QED) is 0.769. The molecule has 7 heteroatoms. The molecule has 0 saturated carbocycles. The van der Waals surface area contributed by atoms with E-state index in [0.717, 1.165) is 28.0 Å². The van der Waals surface area contributed by atoms with Crippen molar-refractivity contribution in [2.45, 2.75) is 13.0 Å². The summed E-state index contributed by atoms with van der Waals surface area (Å²) >= 11 is 0.906. The lowest BCUT2D eigenvalue weighted by Crippen LogP contribution is -2.47. The van der Waals surface area contributed by atoms with Gasteiger partial charge in [0.05, 0.1) is 17.6 Å². The Balaban J connectivity index is 2.19. The molecule has 0 atom stereocenters. The summed E-state index contributed by atoms with van der Waals surface area (Å²) in [6, 6.07) is 6.85. The molecule has 118 valence electrons. The molecule has 2 amide bonds. The highest BCUT2D eigenvalue weighted by atomic mass is 32.2. The summed E-state index contributed by atoms with van der Waals surface area (Å²) in [5.74, 6) is 0.420. The van der Waals surface area contributed by atoms with Crippen LogP contribution >= 0.6 is 11.8 Å². The summed E-state index contributed by atoms with van der Waals surface area (Å²) in [6.07, 6.45) is 1.69. The van der Waals surface area contributed by atoms with Gasteiger partial charge in [0.1, 0.15) is 5.75 Å². The van der Waals surface area contributed by atoms with E-state index in [1.54, 1.807) is 6.08 Å². The van der Waals surface area contributed by atoms with Crippen molar-refractivity contribution >= 4 is 29.0 Å². The van der Waals surface area contributed by atoms with Crippen molar-refractivity contribution in [1.29, 1.82) is 0 Å². The number of ether oxygens (including phenoxy) is 1. The Morgan fingerprint density at radius 2 is 1.86 bits per heavy atom.